The van der Waals surface area contributed by atoms with Crippen LogP contribution in [0.15, 0.2) is 29.9 Å². The van der Waals surface area contributed by atoms with E-state index in [-0.39, 0.29) is 0 Å². The molecule has 4 heteroatoms. The van der Waals surface area contributed by atoms with Gasteiger partial charge in [0.15, 0.2) is 0 Å². The first kappa shape index (κ1) is 11.8. The smallest absolute Gasteiger partial charge is 0.123 e. The van der Waals surface area contributed by atoms with Gasteiger partial charge < -0.3 is 5.32 Å². The Balaban J connectivity index is 1.69. The third-order valence-electron chi connectivity index (χ3n) is 3.35. The fourth-order valence-electron chi connectivity index (χ4n) is 2.38. The Kier molecular flexibility index (Phi) is 3.67. The number of pyridine rings is 1. The predicted octanol–water partition coefficient (Wildman–Crippen LogP) is 2.89. The van der Waals surface area contributed by atoms with Gasteiger partial charge in [-0.15, -0.1) is 11.3 Å². The summed E-state index contributed by atoms with van der Waals surface area (Å²) in [5.74, 6) is 0. The average molecular weight is 259 g/mol. The quantitative estimate of drug-likeness (QED) is 0.921. The Bertz CT molecular complexity index is 489. The average Bonchev–Trinajstić information content (AvgIpc) is 2.89. The summed E-state index contributed by atoms with van der Waals surface area (Å²) in [4.78, 5) is 8.76. The van der Waals surface area contributed by atoms with Crippen LogP contribution in [0.4, 0.5) is 0 Å². The molecule has 2 aromatic heterocycles. The summed E-state index contributed by atoms with van der Waals surface area (Å²) in [5, 5.41) is 6.86. The van der Waals surface area contributed by atoms with Crippen molar-refractivity contribution in [2.24, 2.45) is 0 Å². The van der Waals surface area contributed by atoms with Crippen molar-refractivity contribution in [3.8, 4) is 10.6 Å². The molecule has 0 amide bonds. The Hall–Kier alpha value is -1.26. The van der Waals surface area contributed by atoms with E-state index in [4.69, 9.17) is 4.98 Å². The van der Waals surface area contributed by atoms with E-state index >= 15 is 0 Å². The van der Waals surface area contributed by atoms with E-state index < -0.39 is 0 Å². The van der Waals surface area contributed by atoms with Crippen LogP contribution in [-0.2, 0) is 6.42 Å². The second kappa shape index (κ2) is 5.59. The van der Waals surface area contributed by atoms with Crippen molar-refractivity contribution in [2.45, 2.75) is 31.7 Å². The van der Waals surface area contributed by atoms with Crippen molar-refractivity contribution in [2.75, 3.05) is 6.54 Å². The molecule has 0 aromatic carbocycles. The Morgan fingerprint density at radius 2 is 2.17 bits per heavy atom. The molecule has 0 aliphatic carbocycles. The Morgan fingerprint density at radius 1 is 1.28 bits per heavy atom. The lowest BCUT2D eigenvalue weighted by Gasteiger charge is -2.22. The fourth-order valence-corrected chi connectivity index (χ4v) is 3.22. The summed E-state index contributed by atoms with van der Waals surface area (Å²) in [6, 6.07) is 4.65. The van der Waals surface area contributed by atoms with Gasteiger partial charge >= 0.3 is 0 Å². The molecule has 0 radical (unpaired) electrons. The minimum Gasteiger partial charge on any atom is -0.314 e. The van der Waals surface area contributed by atoms with Gasteiger partial charge in [0.2, 0.25) is 0 Å². The van der Waals surface area contributed by atoms with Crippen LogP contribution in [0.5, 0.6) is 0 Å². The lowest BCUT2D eigenvalue weighted by atomic mass is 10.0. The molecule has 1 saturated heterocycles. The standard InChI is InChI=1S/C14H17N3S/c1-2-6-16-12(3-1)9-13-10-18-14(17-13)11-4-7-15-8-5-11/h4-5,7-8,10,12,16H,1-3,6,9H2. The maximum atomic E-state index is 4.73. The van der Waals surface area contributed by atoms with Crippen molar-refractivity contribution in [3.05, 3.63) is 35.6 Å². The molecule has 0 saturated carbocycles. The van der Waals surface area contributed by atoms with Crippen LogP contribution in [0, 0.1) is 0 Å². The van der Waals surface area contributed by atoms with Gasteiger partial charge in [-0.25, -0.2) is 4.98 Å². The highest BCUT2D eigenvalue weighted by Gasteiger charge is 2.14. The van der Waals surface area contributed by atoms with Crippen molar-refractivity contribution in [3.63, 3.8) is 0 Å². The van der Waals surface area contributed by atoms with Gasteiger partial charge in [-0.1, -0.05) is 6.42 Å². The van der Waals surface area contributed by atoms with Crippen LogP contribution in [-0.4, -0.2) is 22.6 Å². The third kappa shape index (κ3) is 2.76. The summed E-state index contributed by atoms with van der Waals surface area (Å²) in [6.45, 7) is 1.16. The van der Waals surface area contributed by atoms with Crippen LogP contribution in [0.25, 0.3) is 10.6 Å². The maximum Gasteiger partial charge on any atom is 0.123 e. The first-order valence-electron chi connectivity index (χ1n) is 6.50. The SMILES string of the molecule is c1cc(-c2nc(CC3CCCCN3)cs2)ccn1. The molecule has 94 valence electrons. The predicted molar refractivity (Wildman–Crippen MR) is 74.7 cm³/mol. The van der Waals surface area contributed by atoms with E-state index in [0.29, 0.717) is 6.04 Å². The van der Waals surface area contributed by atoms with E-state index in [1.54, 1.807) is 11.3 Å². The molecule has 1 unspecified atom stereocenters. The molecule has 1 atom stereocenters. The van der Waals surface area contributed by atoms with Crippen LogP contribution in [0.3, 0.4) is 0 Å². The lowest BCUT2D eigenvalue weighted by Crippen LogP contribution is -2.35. The normalized spacial score (nSPS) is 19.9. The highest BCUT2D eigenvalue weighted by molar-refractivity contribution is 7.13. The summed E-state index contributed by atoms with van der Waals surface area (Å²) in [5.41, 5.74) is 2.38. The first-order chi connectivity index (χ1) is 8.92. The van der Waals surface area contributed by atoms with Crippen molar-refractivity contribution < 1.29 is 0 Å². The van der Waals surface area contributed by atoms with Gasteiger partial charge in [0.1, 0.15) is 5.01 Å². The van der Waals surface area contributed by atoms with Crippen molar-refractivity contribution >= 4 is 11.3 Å². The zero-order chi connectivity index (χ0) is 12.2. The van der Waals surface area contributed by atoms with Crippen LogP contribution >= 0.6 is 11.3 Å². The molecule has 1 N–H and O–H groups in total. The van der Waals surface area contributed by atoms with Crippen LogP contribution in [0.1, 0.15) is 25.0 Å². The van der Waals surface area contributed by atoms with E-state index in [2.05, 4.69) is 15.7 Å². The van der Waals surface area contributed by atoms with Crippen LogP contribution < -0.4 is 5.32 Å². The molecular weight excluding hydrogens is 242 g/mol. The topological polar surface area (TPSA) is 37.8 Å². The van der Waals surface area contributed by atoms with E-state index in [1.165, 1.54) is 25.0 Å². The highest BCUT2D eigenvalue weighted by Crippen LogP contribution is 2.24. The number of hydrogen-bond donors (Lipinski definition) is 1. The molecule has 0 spiro atoms. The number of thiazole rings is 1. The first-order valence-corrected chi connectivity index (χ1v) is 7.38. The molecule has 1 aliphatic heterocycles. The molecule has 2 aromatic rings. The molecule has 3 heterocycles. The Morgan fingerprint density at radius 3 is 2.94 bits per heavy atom. The summed E-state index contributed by atoms with van der Waals surface area (Å²) >= 11 is 1.72. The van der Waals surface area contributed by atoms with Gasteiger partial charge in [-0.3, -0.25) is 4.98 Å². The van der Waals surface area contributed by atoms with Gasteiger partial charge in [0, 0.05) is 35.8 Å². The minimum atomic E-state index is 0.617. The number of piperidine rings is 1. The molecule has 3 nitrogen and oxygen atoms in total. The summed E-state index contributed by atoms with van der Waals surface area (Å²) < 4.78 is 0. The van der Waals surface area contributed by atoms with Gasteiger partial charge in [-0.05, 0) is 31.5 Å². The van der Waals surface area contributed by atoms with Crippen molar-refractivity contribution in [1.29, 1.82) is 0 Å². The van der Waals surface area contributed by atoms with E-state index in [9.17, 15) is 0 Å². The number of nitrogens with zero attached hydrogens (tertiary/aromatic N) is 2. The summed E-state index contributed by atoms with van der Waals surface area (Å²) in [7, 11) is 0. The monoisotopic (exact) mass is 259 g/mol. The molecule has 1 aliphatic rings. The largest absolute Gasteiger partial charge is 0.314 e. The lowest BCUT2D eigenvalue weighted by molar-refractivity contribution is 0.397. The molecule has 0 bridgehead atoms. The second-order valence-electron chi connectivity index (χ2n) is 4.73. The van der Waals surface area contributed by atoms with E-state index in [0.717, 1.165) is 23.5 Å². The van der Waals surface area contributed by atoms with Gasteiger partial charge in [0.05, 0.1) is 5.69 Å². The molecular formula is C14H17N3S. The van der Waals surface area contributed by atoms with Crippen molar-refractivity contribution in [1.82, 2.24) is 15.3 Å². The zero-order valence-electron chi connectivity index (χ0n) is 10.3. The van der Waals surface area contributed by atoms with Crippen LogP contribution in [0.2, 0.25) is 0 Å². The molecule has 1 fully saturated rings. The number of aromatic nitrogens is 2. The Labute approximate surface area is 111 Å². The van der Waals surface area contributed by atoms with E-state index in [1.807, 2.05) is 24.5 Å². The van der Waals surface area contributed by atoms with Gasteiger partial charge in [0.25, 0.3) is 0 Å². The third-order valence-corrected chi connectivity index (χ3v) is 4.29. The maximum absolute atomic E-state index is 4.73. The number of nitrogens with one attached hydrogen (secondary N) is 1. The fraction of sp³-hybridized carbons (Fsp3) is 0.429. The summed E-state index contributed by atoms with van der Waals surface area (Å²) in [6.07, 6.45) is 8.64. The molecule has 3 rings (SSSR count). The number of hydrogen-bond acceptors (Lipinski definition) is 4. The zero-order valence-corrected chi connectivity index (χ0v) is 11.1. The molecule has 18 heavy (non-hydrogen) atoms. The minimum absolute atomic E-state index is 0.617. The second-order valence-corrected chi connectivity index (χ2v) is 5.59. The number of rotatable bonds is 3. The highest BCUT2D eigenvalue weighted by atomic mass is 32.1. The van der Waals surface area contributed by atoms with Gasteiger partial charge in [-0.2, -0.15) is 0 Å².